The average Bonchev–Trinajstić information content (AvgIpc) is 2.71. The lowest BCUT2D eigenvalue weighted by Gasteiger charge is -2.20. The normalized spacial score (nSPS) is 11.9. The Balaban J connectivity index is 1.72. The van der Waals surface area contributed by atoms with Gasteiger partial charge in [0.05, 0.1) is 6.61 Å². The van der Waals surface area contributed by atoms with Gasteiger partial charge in [0.2, 0.25) is 0 Å². The highest BCUT2D eigenvalue weighted by Gasteiger charge is 2.15. The maximum Gasteiger partial charge on any atom is 0.150 e. The van der Waals surface area contributed by atoms with Gasteiger partial charge in [-0.05, 0) is 91.8 Å². The third-order valence-corrected chi connectivity index (χ3v) is 5.65. The molecule has 0 aliphatic rings. The minimum Gasteiger partial charge on any atom is -0.493 e. The molecule has 1 atom stereocenters. The van der Waals surface area contributed by atoms with Crippen LogP contribution in [-0.4, -0.2) is 12.9 Å². The minimum atomic E-state index is 0.273. The van der Waals surface area contributed by atoms with Crippen LogP contribution in [0.25, 0.3) is 0 Å². The third kappa shape index (κ3) is 5.48. The summed E-state index contributed by atoms with van der Waals surface area (Å²) in [6.45, 7) is 6.89. The largest absolute Gasteiger partial charge is 0.493 e. The molecule has 3 aromatic carbocycles. The van der Waals surface area contributed by atoms with Crippen LogP contribution in [0.2, 0.25) is 5.02 Å². The standard InChI is InChI=1S/C26H27ClO2/c1-18-9-11-23(15-19(18)2)25(22-6-4-7-24(27)16-22)8-5-13-29-26-12-10-21(17-28)14-20(26)3/h4,6-7,9-12,14-17,25H,5,8,13H2,1-3H3/t25-/m1/s1. The first-order valence-electron chi connectivity index (χ1n) is 9.99. The predicted octanol–water partition coefficient (Wildman–Crippen LogP) is 7.07. The first-order valence-corrected chi connectivity index (χ1v) is 10.4. The van der Waals surface area contributed by atoms with E-state index in [0.29, 0.717) is 12.2 Å². The second-order valence-electron chi connectivity index (χ2n) is 7.58. The number of aryl methyl sites for hydroxylation is 3. The van der Waals surface area contributed by atoms with E-state index in [1.807, 2.05) is 31.2 Å². The Labute approximate surface area is 178 Å². The fourth-order valence-corrected chi connectivity index (χ4v) is 3.81. The Morgan fingerprint density at radius 2 is 1.69 bits per heavy atom. The van der Waals surface area contributed by atoms with Gasteiger partial charge in [0.25, 0.3) is 0 Å². The van der Waals surface area contributed by atoms with Crippen molar-refractivity contribution in [2.75, 3.05) is 6.61 Å². The summed E-state index contributed by atoms with van der Waals surface area (Å²) in [7, 11) is 0. The molecule has 29 heavy (non-hydrogen) atoms. The second-order valence-corrected chi connectivity index (χ2v) is 8.02. The van der Waals surface area contributed by atoms with Crippen LogP contribution in [0.5, 0.6) is 5.75 Å². The molecule has 0 N–H and O–H groups in total. The molecule has 0 aliphatic heterocycles. The second kappa shape index (κ2) is 9.76. The van der Waals surface area contributed by atoms with Crippen molar-refractivity contribution < 1.29 is 9.53 Å². The first kappa shape index (κ1) is 21.1. The highest BCUT2D eigenvalue weighted by atomic mass is 35.5. The van der Waals surface area contributed by atoms with Crippen LogP contribution < -0.4 is 4.74 Å². The smallest absolute Gasteiger partial charge is 0.150 e. The maximum absolute atomic E-state index is 10.9. The van der Waals surface area contributed by atoms with Gasteiger partial charge in [0.1, 0.15) is 12.0 Å². The van der Waals surface area contributed by atoms with E-state index < -0.39 is 0 Å². The SMILES string of the molecule is Cc1ccc([C@H](CCCOc2ccc(C=O)cc2C)c2cccc(Cl)c2)cc1C. The van der Waals surface area contributed by atoms with Crippen molar-refractivity contribution in [3.8, 4) is 5.75 Å². The predicted molar refractivity (Wildman–Crippen MR) is 121 cm³/mol. The summed E-state index contributed by atoms with van der Waals surface area (Å²) in [5.41, 5.74) is 6.79. The van der Waals surface area contributed by atoms with E-state index in [1.54, 1.807) is 6.07 Å². The van der Waals surface area contributed by atoms with E-state index >= 15 is 0 Å². The van der Waals surface area contributed by atoms with Crippen LogP contribution >= 0.6 is 11.6 Å². The number of aldehydes is 1. The van der Waals surface area contributed by atoms with E-state index in [4.69, 9.17) is 16.3 Å². The molecule has 0 unspecified atom stereocenters. The van der Waals surface area contributed by atoms with Crippen LogP contribution in [0.3, 0.4) is 0 Å². The van der Waals surface area contributed by atoms with Gasteiger partial charge in [-0.2, -0.15) is 0 Å². The minimum absolute atomic E-state index is 0.273. The molecule has 3 aromatic rings. The molecular weight excluding hydrogens is 380 g/mol. The van der Waals surface area contributed by atoms with Crippen molar-refractivity contribution in [2.24, 2.45) is 0 Å². The number of ether oxygens (including phenoxy) is 1. The van der Waals surface area contributed by atoms with Gasteiger partial charge in [-0.25, -0.2) is 0 Å². The lowest BCUT2D eigenvalue weighted by atomic mass is 9.86. The van der Waals surface area contributed by atoms with Gasteiger partial charge < -0.3 is 4.74 Å². The molecule has 150 valence electrons. The number of carbonyl (C=O) groups excluding carboxylic acids is 1. The van der Waals surface area contributed by atoms with Gasteiger partial charge in [0, 0.05) is 16.5 Å². The van der Waals surface area contributed by atoms with Crippen LogP contribution in [0.1, 0.15) is 56.9 Å². The van der Waals surface area contributed by atoms with E-state index in [9.17, 15) is 4.79 Å². The molecule has 0 amide bonds. The van der Waals surface area contributed by atoms with E-state index in [1.165, 1.54) is 22.3 Å². The van der Waals surface area contributed by atoms with E-state index in [2.05, 4.69) is 44.2 Å². The molecule has 0 aromatic heterocycles. The maximum atomic E-state index is 10.9. The monoisotopic (exact) mass is 406 g/mol. The molecular formula is C26H27ClO2. The lowest BCUT2D eigenvalue weighted by molar-refractivity contribution is 0.112. The van der Waals surface area contributed by atoms with Gasteiger partial charge >= 0.3 is 0 Å². The summed E-state index contributed by atoms with van der Waals surface area (Å²) in [4.78, 5) is 10.9. The zero-order chi connectivity index (χ0) is 20.8. The number of hydrogen-bond donors (Lipinski definition) is 0. The van der Waals surface area contributed by atoms with Crippen molar-refractivity contribution in [3.63, 3.8) is 0 Å². The Kier molecular flexibility index (Phi) is 7.11. The highest BCUT2D eigenvalue weighted by Crippen LogP contribution is 2.32. The van der Waals surface area contributed by atoms with Crippen molar-refractivity contribution in [1.29, 1.82) is 0 Å². The average molecular weight is 407 g/mol. The van der Waals surface area contributed by atoms with Crippen molar-refractivity contribution in [2.45, 2.75) is 39.5 Å². The molecule has 3 rings (SSSR count). The van der Waals surface area contributed by atoms with Gasteiger partial charge in [-0.15, -0.1) is 0 Å². The Morgan fingerprint density at radius 1 is 0.897 bits per heavy atom. The van der Waals surface area contributed by atoms with Gasteiger partial charge in [-0.3, -0.25) is 4.79 Å². The lowest BCUT2D eigenvalue weighted by Crippen LogP contribution is -2.06. The zero-order valence-electron chi connectivity index (χ0n) is 17.2. The van der Waals surface area contributed by atoms with Crippen LogP contribution in [0, 0.1) is 20.8 Å². The quantitative estimate of drug-likeness (QED) is 0.295. The van der Waals surface area contributed by atoms with Crippen molar-refractivity contribution in [1.82, 2.24) is 0 Å². The number of carbonyl (C=O) groups is 1. The van der Waals surface area contributed by atoms with Crippen LogP contribution in [-0.2, 0) is 0 Å². The molecule has 0 bridgehead atoms. The molecule has 0 heterocycles. The molecule has 0 aliphatic carbocycles. The highest BCUT2D eigenvalue weighted by molar-refractivity contribution is 6.30. The fraction of sp³-hybridized carbons (Fsp3) is 0.269. The van der Waals surface area contributed by atoms with E-state index in [0.717, 1.165) is 35.5 Å². The van der Waals surface area contributed by atoms with Crippen molar-refractivity contribution >= 4 is 17.9 Å². The number of hydrogen-bond acceptors (Lipinski definition) is 2. The number of benzene rings is 3. The Morgan fingerprint density at radius 3 is 2.38 bits per heavy atom. The van der Waals surface area contributed by atoms with Crippen molar-refractivity contribution in [3.05, 3.63) is 99.1 Å². The van der Waals surface area contributed by atoms with Crippen LogP contribution in [0.15, 0.2) is 60.7 Å². The molecule has 0 saturated carbocycles. The molecule has 3 heteroatoms. The molecule has 0 spiro atoms. The third-order valence-electron chi connectivity index (χ3n) is 5.41. The Hall–Kier alpha value is -2.58. The topological polar surface area (TPSA) is 26.3 Å². The number of halogens is 1. The summed E-state index contributed by atoms with van der Waals surface area (Å²) in [6, 6.07) is 20.3. The number of rotatable bonds is 8. The summed E-state index contributed by atoms with van der Waals surface area (Å²) in [6.07, 6.45) is 2.74. The summed E-state index contributed by atoms with van der Waals surface area (Å²) >= 11 is 6.27. The fourth-order valence-electron chi connectivity index (χ4n) is 3.61. The summed E-state index contributed by atoms with van der Waals surface area (Å²) in [5.74, 6) is 1.11. The van der Waals surface area contributed by atoms with Gasteiger partial charge in [-0.1, -0.05) is 41.9 Å². The summed E-state index contributed by atoms with van der Waals surface area (Å²) in [5, 5.41) is 0.762. The molecule has 0 radical (unpaired) electrons. The molecule has 0 fully saturated rings. The van der Waals surface area contributed by atoms with Crippen LogP contribution in [0.4, 0.5) is 0 Å². The van der Waals surface area contributed by atoms with E-state index in [-0.39, 0.29) is 5.92 Å². The molecule has 2 nitrogen and oxygen atoms in total. The van der Waals surface area contributed by atoms with Gasteiger partial charge in [0.15, 0.2) is 0 Å². The first-order chi connectivity index (χ1) is 14.0. The zero-order valence-corrected chi connectivity index (χ0v) is 18.0. The summed E-state index contributed by atoms with van der Waals surface area (Å²) < 4.78 is 5.98. The Bertz CT molecular complexity index is 994. The molecule has 0 saturated heterocycles.